The van der Waals surface area contributed by atoms with Crippen molar-refractivity contribution in [1.82, 2.24) is 9.55 Å². The third-order valence-corrected chi connectivity index (χ3v) is 6.95. The van der Waals surface area contributed by atoms with E-state index in [0.717, 1.165) is 32.8 Å². The van der Waals surface area contributed by atoms with Gasteiger partial charge in [-0.2, -0.15) is 0 Å². The SMILES string of the molecule is C=CCn1c(SCC(=O)c2cc(C)c(C)cc2C)nc2sc(CC)cc2c1=O. The molecule has 146 valence electrons. The largest absolute Gasteiger partial charge is 0.293 e. The van der Waals surface area contributed by atoms with Gasteiger partial charge in [0.1, 0.15) is 4.83 Å². The first-order chi connectivity index (χ1) is 13.3. The van der Waals surface area contributed by atoms with Crippen molar-refractivity contribution in [1.29, 1.82) is 0 Å². The lowest BCUT2D eigenvalue weighted by molar-refractivity contribution is 0.102. The van der Waals surface area contributed by atoms with Crippen molar-refractivity contribution in [2.45, 2.75) is 45.8 Å². The smallest absolute Gasteiger partial charge is 0.263 e. The highest BCUT2D eigenvalue weighted by atomic mass is 32.2. The maximum absolute atomic E-state index is 12.9. The number of thiophene rings is 1. The summed E-state index contributed by atoms with van der Waals surface area (Å²) in [4.78, 5) is 32.3. The van der Waals surface area contributed by atoms with E-state index < -0.39 is 0 Å². The minimum absolute atomic E-state index is 0.0468. The zero-order valence-corrected chi connectivity index (χ0v) is 18.3. The fraction of sp³-hybridized carbons (Fsp3) is 0.318. The summed E-state index contributed by atoms with van der Waals surface area (Å²) in [5.74, 6) is 0.287. The lowest BCUT2D eigenvalue weighted by Crippen LogP contribution is -2.22. The summed E-state index contributed by atoms with van der Waals surface area (Å²) in [5, 5.41) is 1.21. The Labute approximate surface area is 173 Å². The third-order valence-electron chi connectivity index (χ3n) is 4.80. The summed E-state index contributed by atoms with van der Waals surface area (Å²) in [6, 6.07) is 5.92. The van der Waals surface area contributed by atoms with Gasteiger partial charge in [0.05, 0.1) is 11.1 Å². The quantitative estimate of drug-likeness (QED) is 0.234. The minimum atomic E-state index is -0.0711. The number of thioether (sulfide) groups is 1. The molecular weight excluding hydrogens is 388 g/mol. The summed E-state index contributed by atoms with van der Waals surface area (Å²) in [6.07, 6.45) is 2.55. The van der Waals surface area contributed by atoms with E-state index in [2.05, 4.69) is 18.5 Å². The zero-order chi connectivity index (χ0) is 20.4. The number of Topliss-reactive ketones (excluding diaryl/α,β-unsaturated/α-hetero) is 1. The minimum Gasteiger partial charge on any atom is -0.293 e. The van der Waals surface area contributed by atoms with Gasteiger partial charge in [0.2, 0.25) is 0 Å². The van der Waals surface area contributed by atoms with Crippen molar-refractivity contribution in [3.05, 3.63) is 68.3 Å². The average Bonchev–Trinajstić information content (AvgIpc) is 3.09. The van der Waals surface area contributed by atoms with Crippen molar-refractivity contribution < 1.29 is 4.79 Å². The summed E-state index contributed by atoms with van der Waals surface area (Å²) in [6.45, 7) is 12.2. The normalized spacial score (nSPS) is 11.1. The van der Waals surface area contributed by atoms with Crippen LogP contribution in [0, 0.1) is 20.8 Å². The fourth-order valence-corrected chi connectivity index (χ4v) is 4.99. The predicted molar refractivity (Wildman–Crippen MR) is 119 cm³/mol. The van der Waals surface area contributed by atoms with Gasteiger partial charge in [0.25, 0.3) is 5.56 Å². The van der Waals surface area contributed by atoms with Crippen LogP contribution in [0.1, 0.15) is 38.8 Å². The molecule has 6 heteroatoms. The van der Waals surface area contributed by atoms with Gasteiger partial charge in [0.15, 0.2) is 10.9 Å². The van der Waals surface area contributed by atoms with E-state index >= 15 is 0 Å². The Balaban J connectivity index is 1.94. The topological polar surface area (TPSA) is 52.0 Å². The summed E-state index contributed by atoms with van der Waals surface area (Å²) in [7, 11) is 0. The second kappa shape index (κ2) is 8.45. The number of aryl methyl sites for hydroxylation is 4. The Morgan fingerprint density at radius 2 is 1.93 bits per heavy atom. The molecule has 2 aromatic heterocycles. The molecular formula is C22H24N2O2S2. The first-order valence-corrected chi connectivity index (χ1v) is 11.0. The standard InChI is InChI=1S/C22H24N2O2S2/c1-6-8-24-21(26)18-11-16(7-2)28-20(18)23-22(24)27-12-19(25)17-10-14(4)13(3)9-15(17)5/h6,9-11H,1,7-8,12H2,2-5H3. The molecule has 0 spiro atoms. The number of carbonyl (C=O) groups excluding carboxylic acids is 1. The molecule has 3 rings (SSSR count). The zero-order valence-electron chi connectivity index (χ0n) is 16.7. The molecule has 0 saturated carbocycles. The highest BCUT2D eigenvalue weighted by molar-refractivity contribution is 7.99. The van der Waals surface area contributed by atoms with Gasteiger partial charge in [-0.25, -0.2) is 4.98 Å². The van der Waals surface area contributed by atoms with Crippen molar-refractivity contribution in [2.24, 2.45) is 0 Å². The summed E-state index contributed by atoms with van der Waals surface area (Å²) >= 11 is 2.86. The van der Waals surface area contributed by atoms with E-state index in [0.29, 0.717) is 17.1 Å². The van der Waals surface area contributed by atoms with Crippen LogP contribution in [0.25, 0.3) is 10.2 Å². The van der Waals surface area contributed by atoms with E-state index in [-0.39, 0.29) is 17.1 Å². The molecule has 0 fully saturated rings. The van der Waals surface area contributed by atoms with Crippen LogP contribution in [0.5, 0.6) is 0 Å². The second-order valence-electron chi connectivity index (χ2n) is 6.85. The van der Waals surface area contributed by atoms with Gasteiger partial charge >= 0.3 is 0 Å². The molecule has 1 aromatic carbocycles. The van der Waals surface area contributed by atoms with Gasteiger partial charge < -0.3 is 0 Å². The molecule has 0 aliphatic rings. The van der Waals surface area contributed by atoms with Crippen LogP contribution < -0.4 is 5.56 Å². The molecule has 3 aromatic rings. The maximum Gasteiger partial charge on any atom is 0.263 e. The van der Waals surface area contributed by atoms with Crippen molar-refractivity contribution >= 4 is 39.1 Å². The van der Waals surface area contributed by atoms with Crippen LogP contribution in [0.15, 0.2) is 40.8 Å². The number of allylic oxidation sites excluding steroid dienone is 1. The van der Waals surface area contributed by atoms with E-state index in [4.69, 9.17) is 0 Å². The molecule has 2 heterocycles. The number of rotatable bonds is 7. The maximum atomic E-state index is 12.9. The van der Waals surface area contributed by atoms with Gasteiger partial charge in [-0.15, -0.1) is 17.9 Å². The van der Waals surface area contributed by atoms with E-state index in [1.807, 2.05) is 39.0 Å². The van der Waals surface area contributed by atoms with E-state index in [1.165, 1.54) is 17.3 Å². The van der Waals surface area contributed by atoms with Crippen LogP contribution in [-0.4, -0.2) is 21.1 Å². The molecule has 0 radical (unpaired) electrons. The highest BCUT2D eigenvalue weighted by Crippen LogP contribution is 2.26. The van der Waals surface area contributed by atoms with Gasteiger partial charge in [-0.3, -0.25) is 14.2 Å². The lowest BCUT2D eigenvalue weighted by Gasteiger charge is -2.11. The average molecular weight is 413 g/mol. The van der Waals surface area contributed by atoms with Crippen molar-refractivity contribution in [3.63, 3.8) is 0 Å². The Hall–Kier alpha value is -2.18. The van der Waals surface area contributed by atoms with Crippen molar-refractivity contribution in [2.75, 3.05) is 5.75 Å². The molecule has 0 atom stereocenters. The van der Waals surface area contributed by atoms with Crippen molar-refractivity contribution in [3.8, 4) is 0 Å². The van der Waals surface area contributed by atoms with Gasteiger partial charge in [0, 0.05) is 17.0 Å². The van der Waals surface area contributed by atoms with E-state index in [1.54, 1.807) is 22.0 Å². The lowest BCUT2D eigenvalue weighted by atomic mass is 9.99. The molecule has 28 heavy (non-hydrogen) atoms. The Bertz CT molecular complexity index is 1130. The molecule has 0 amide bonds. The number of ketones is 1. The highest BCUT2D eigenvalue weighted by Gasteiger charge is 2.17. The Morgan fingerprint density at radius 1 is 1.21 bits per heavy atom. The van der Waals surface area contributed by atoms with Crippen LogP contribution in [0.3, 0.4) is 0 Å². The van der Waals surface area contributed by atoms with Crippen LogP contribution in [0.4, 0.5) is 0 Å². The number of hydrogen-bond donors (Lipinski definition) is 0. The second-order valence-corrected chi connectivity index (χ2v) is 8.90. The number of hydrogen-bond acceptors (Lipinski definition) is 5. The first-order valence-electron chi connectivity index (χ1n) is 9.23. The predicted octanol–water partition coefficient (Wildman–Crippen LogP) is 5.11. The molecule has 0 N–H and O–H groups in total. The van der Waals surface area contributed by atoms with Gasteiger partial charge in [-0.05, 0) is 56.0 Å². The summed E-state index contributed by atoms with van der Waals surface area (Å²) in [5.41, 5.74) is 3.93. The molecule has 4 nitrogen and oxygen atoms in total. The molecule has 0 saturated heterocycles. The van der Waals surface area contributed by atoms with E-state index in [9.17, 15) is 9.59 Å². The number of benzene rings is 1. The summed E-state index contributed by atoms with van der Waals surface area (Å²) < 4.78 is 1.60. The monoisotopic (exact) mass is 412 g/mol. The fourth-order valence-electron chi connectivity index (χ4n) is 3.09. The Morgan fingerprint density at radius 3 is 2.61 bits per heavy atom. The van der Waals surface area contributed by atoms with Crippen LogP contribution in [0.2, 0.25) is 0 Å². The number of aromatic nitrogens is 2. The number of carbonyl (C=O) groups is 1. The number of nitrogens with zero attached hydrogens (tertiary/aromatic N) is 2. The first kappa shape index (κ1) is 20.6. The van der Waals surface area contributed by atoms with Gasteiger partial charge in [-0.1, -0.05) is 30.8 Å². The number of fused-ring (bicyclic) bond motifs is 1. The molecule has 0 bridgehead atoms. The van der Waals surface area contributed by atoms with Crippen LogP contribution >= 0.6 is 23.1 Å². The molecule has 0 unspecified atom stereocenters. The molecule has 0 aliphatic heterocycles. The Kier molecular flexibility index (Phi) is 6.20. The third kappa shape index (κ3) is 3.98. The molecule has 0 aliphatic carbocycles. The van der Waals surface area contributed by atoms with Crippen LogP contribution in [-0.2, 0) is 13.0 Å².